The first-order valence-electron chi connectivity index (χ1n) is 5.40. The molecule has 1 amide bonds. The van der Waals surface area contributed by atoms with E-state index in [1.165, 1.54) is 18.2 Å². The van der Waals surface area contributed by atoms with Crippen LogP contribution < -0.4 is 10.1 Å². The van der Waals surface area contributed by atoms with Gasteiger partial charge < -0.3 is 10.1 Å². The van der Waals surface area contributed by atoms with Gasteiger partial charge in [0.15, 0.2) is 6.61 Å². The average molecular weight is 260 g/mol. The molecule has 17 heavy (non-hydrogen) atoms. The highest BCUT2D eigenvalue weighted by atomic mass is 35.5. The van der Waals surface area contributed by atoms with Gasteiger partial charge in [-0.3, -0.25) is 4.79 Å². The van der Waals surface area contributed by atoms with Crippen molar-refractivity contribution in [1.29, 1.82) is 0 Å². The number of hydrogen-bond acceptors (Lipinski definition) is 2. The van der Waals surface area contributed by atoms with Crippen LogP contribution in [0.2, 0.25) is 5.02 Å². The Morgan fingerprint density at radius 3 is 2.88 bits per heavy atom. The highest BCUT2D eigenvalue weighted by Gasteiger charge is 2.07. The highest BCUT2D eigenvalue weighted by molar-refractivity contribution is 6.30. The first-order valence-corrected chi connectivity index (χ1v) is 5.78. The van der Waals surface area contributed by atoms with Crippen LogP contribution in [-0.2, 0) is 4.79 Å². The summed E-state index contributed by atoms with van der Waals surface area (Å²) in [6, 6.07) is 4.08. The molecule has 94 valence electrons. The number of carbonyl (C=O) groups is 1. The van der Waals surface area contributed by atoms with Crippen molar-refractivity contribution in [3.63, 3.8) is 0 Å². The van der Waals surface area contributed by atoms with E-state index in [9.17, 15) is 9.18 Å². The summed E-state index contributed by atoms with van der Waals surface area (Å²) in [7, 11) is 0. The summed E-state index contributed by atoms with van der Waals surface area (Å²) in [4.78, 5) is 11.4. The van der Waals surface area contributed by atoms with Gasteiger partial charge in [-0.2, -0.15) is 0 Å². The van der Waals surface area contributed by atoms with Crippen LogP contribution >= 0.6 is 11.6 Å². The van der Waals surface area contributed by atoms with Gasteiger partial charge in [0.05, 0.1) is 5.02 Å². The van der Waals surface area contributed by atoms with Gasteiger partial charge in [0.1, 0.15) is 11.6 Å². The smallest absolute Gasteiger partial charge is 0.258 e. The number of carbonyl (C=O) groups excluding carboxylic acids is 1. The zero-order valence-corrected chi connectivity index (χ0v) is 10.6. The zero-order valence-electron chi connectivity index (χ0n) is 9.80. The average Bonchev–Trinajstić information content (AvgIpc) is 2.30. The first kappa shape index (κ1) is 13.8. The second-order valence-electron chi connectivity index (χ2n) is 3.74. The van der Waals surface area contributed by atoms with Crippen LogP contribution in [0.5, 0.6) is 5.75 Å². The molecule has 0 bridgehead atoms. The fourth-order valence-corrected chi connectivity index (χ4v) is 1.30. The minimum atomic E-state index is -0.511. The molecule has 0 heterocycles. The highest BCUT2D eigenvalue weighted by Crippen LogP contribution is 2.20. The standard InChI is InChI=1S/C12H15ClFNO2/c1-3-8(2)15-12(16)7-17-9-4-5-11(14)10(13)6-9/h4-6,8H,3,7H2,1-2H3,(H,15,16)/t8-/m0/s1. The number of ether oxygens (including phenoxy) is 1. The molecule has 1 aromatic rings. The molecule has 5 heteroatoms. The van der Waals surface area contributed by atoms with E-state index in [2.05, 4.69) is 5.32 Å². The number of amides is 1. The quantitative estimate of drug-likeness (QED) is 0.883. The number of hydrogen-bond donors (Lipinski definition) is 1. The lowest BCUT2D eigenvalue weighted by molar-refractivity contribution is -0.123. The topological polar surface area (TPSA) is 38.3 Å². The second-order valence-corrected chi connectivity index (χ2v) is 4.15. The van der Waals surface area contributed by atoms with E-state index in [1.54, 1.807) is 0 Å². The van der Waals surface area contributed by atoms with Crippen molar-refractivity contribution in [3.8, 4) is 5.75 Å². The molecule has 1 aromatic carbocycles. The summed E-state index contributed by atoms with van der Waals surface area (Å²) in [5.41, 5.74) is 0. The predicted octanol–water partition coefficient (Wildman–Crippen LogP) is 2.77. The van der Waals surface area contributed by atoms with Crippen LogP contribution in [0.3, 0.4) is 0 Å². The van der Waals surface area contributed by atoms with Gasteiger partial charge in [-0.25, -0.2) is 4.39 Å². The number of halogens is 2. The molecule has 0 fully saturated rings. The Bertz CT molecular complexity index is 398. The Kier molecular flexibility index (Phi) is 5.22. The number of nitrogens with one attached hydrogen (secondary N) is 1. The lowest BCUT2D eigenvalue weighted by atomic mass is 10.2. The Morgan fingerprint density at radius 2 is 2.29 bits per heavy atom. The van der Waals surface area contributed by atoms with Crippen molar-refractivity contribution in [2.45, 2.75) is 26.3 Å². The Labute approximate surface area is 105 Å². The molecule has 0 unspecified atom stereocenters. The molecule has 0 aliphatic carbocycles. The van der Waals surface area contributed by atoms with Gasteiger partial charge in [-0.15, -0.1) is 0 Å². The molecular formula is C12H15ClFNO2. The van der Waals surface area contributed by atoms with Crippen LogP contribution in [0.15, 0.2) is 18.2 Å². The van der Waals surface area contributed by atoms with Gasteiger partial charge in [-0.1, -0.05) is 18.5 Å². The van der Waals surface area contributed by atoms with Crippen molar-refractivity contribution in [2.24, 2.45) is 0 Å². The molecule has 0 spiro atoms. The molecule has 0 saturated carbocycles. The molecular weight excluding hydrogens is 245 g/mol. The van der Waals surface area contributed by atoms with E-state index < -0.39 is 5.82 Å². The maximum absolute atomic E-state index is 12.8. The number of benzene rings is 1. The minimum absolute atomic E-state index is 0.0233. The summed E-state index contributed by atoms with van der Waals surface area (Å²) in [6.07, 6.45) is 0.855. The monoisotopic (exact) mass is 259 g/mol. The second kappa shape index (κ2) is 6.45. The summed E-state index contributed by atoms with van der Waals surface area (Å²) in [6.45, 7) is 3.78. The van der Waals surface area contributed by atoms with Crippen molar-refractivity contribution in [1.82, 2.24) is 5.32 Å². The fraction of sp³-hybridized carbons (Fsp3) is 0.417. The Balaban J connectivity index is 2.45. The third kappa shape index (κ3) is 4.61. The van der Waals surface area contributed by atoms with Crippen molar-refractivity contribution in [2.75, 3.05) is 6.61 Å². The SMILES string of the molecule is CC[C@H](C)NC(=O)COc1ccc(F)c(Cl)c1. The van der Waals surface area contributed by atoms with Gasteiger partial charge in [-0.05, 0) is 25.5 Å². The fourth-order valence-electron chi connectivity index (χ4n) is 1.13. The van der Waals surface area contributed by atoms with Gasteiger partial charge in [0, 0.05) is 12.1 Å². The Hall–Kier alpha value is -1.29. The van der Waals surface area contributed by atoms with E-state index in [4.69, 9.17) is 16.3 Å². The Morgan fingerprint density at radius 1 is 1.59 bits per heavy atom. The molecule has 0 aliphatic rings. The van der Waals surface area contributed by atoms with E-state index in [-0.39, 0.29) is 23.6 Å². The molecule has 0 aliphatic heterocycles. The third-order valence-electron chi connectivity index (χ3n) is 2.28. The van der Waals surface area contributed by atoms with Crippen LogP contribution in [0, 0.1) is 5.82 Å². The first-order chi connectivity index (χ1) is 8.02. The van der Waals surface area contributed by atoms with E-state index in [0.29, 0.717) is 5.75 Å². The minimum Gasteiger partial charge on any atom is -0.484 e. The molecule has 1 atom stereocenters. The molecule has 0 saturated heterocycles. The lowest BCUT2D eigenvalue weighted by Gasteiger charge is -2.12. The largest absolute Gasteiger partial charge is 0.484 e. The maximum atomic E-state index is 12.8. The molecule has 3 nitrogen and oxygen atoms in total. The summed E-state index contributed by atoms with van der Waals surface area (Å²) >= 11 is 5.58. The van der Waals surface area contributed by atoms with Crippen molar-refractivity contribution >= 4 is 17.5 Å². The van der Waals surface area contributed by atoms with Gasteiger partial charge in [0.2, 0.25) is 0 Å². The summed E-state index contributed by atoms with van der Waals surface area (Å²) in [5.74, 6) is -0.349. The zero-order chi connectivity index (χ0) is 12.8. The lowest BCUT2D eigenvalue weighted by Crippen LogP contribution is -2.35. The van der Waals surface area contributed by atoms with Crippen LogP contribution in [0.1, 0.15) is 20.3 Å². The predicted molar refractivity (Wildman–Crippen MR) is 64.8 cm³/mol. The van der Waals surface area contributed by atoms with E-state index in [0.717, 1.165) is 6.42 Å². The molecule has 1 N–H and O–H groups in total. The molecule has 1 rings (SSSR count). The molecule has 0 radical (unpaired) electrons. The van der Waals surface area contributed by atoms with Crippen molar-refractivity contribution < 1.29 is 13.9 Å². The third-order valence-corrected chi connectivity index (χ3v) is 2.57. The van der Waals surface area contributed by atoms with Gasteiger partial charge in [0.25, 0.3) is 5.91 Å². The number of rotatable bonds is 5. The van der Waals surface area contributed by atoms with Crippen LogP contribution in [-0.4, -0.2) is 18.6 Å². The van der Waals surface area contributed by atoms with Crippen molar-refractivity contribution in [3.05, 3.63) is 29.0 Å². The summed E-state index contributed by atoms with van der Waals surface area (Å²) < 4.78 is 18.0. The maximum Gasteiger partial charge on any atom is 0.258 e. The normalized spacial score (nSPS) is 12.0. The van der Waals surface area contributed by atoms with Crippen LogP contribution in [0.4, 0.5) is 4.39 Å². The van der Waals surface area contributed by atoms with E-state index in [1.807, 2.05) is 13.8 Å². The van der Waals surface area contributed by atoms with Gasteiger partial charge >= 0.3 is 0 Å². The molecule has 0 aromatic heterocycles. The van der Waals surface area contributed by atoms with E-state index >= 15 is 0 Å². The summed E-state index contributed by atoms with van der Waals surface area (Å²) in [5, 5.41) is 2.73. The van der Waals surface area contributed by atoms with Crippen LogP contribution in [0.25, 0.3) is 0 Å².